The van der Waals surface area contributed by atoms with Crippen LogP contribution in [0.2, 0.25) is 0 Å². The average Bonchev–Trinajstić information content (AvgIpc) is 3.29. The smallest absolute Gasteiger partial charge is 0.194 e. The molecule has 0 aromatic carbocycles. The molecule has 1 aromatic rings. The van der Waals surface area contributed by atoms with Crippen LogP contribution in [0.3, 0.4) is 0 Å². The molecule has 2 fully saturated rings. The molecule has 1 N–H and O–H groups in total. The van der Waals surface area contributed by atoms with E-state index in [9.17, 15) is 0 Å². The van der Waals surface area contributed by atoms with Gasteiger partial charge in [0.05, 0.1) is 0 Å². The van der Waals surface area contributed by atoms with Crippen molar-refractivity contribution in [1.82, 2.24) is 25.0 Å². The lowest BCUT2D eigenvalue weighted by Crippen LogP contribution is -2.41. The maximum Gasteiger partial charge on any atom is 0.194 e. The average molecular weight is 330 g/mol. The number of rotatable bonds is 3. The fourth-order valence-electron chi connectivity index (χ4n) is 4.72. The molecule has 3 heterocycles. The first-order valence-electron chi connectivity index (χ1n) is 9.74. The minimum atomic E-state index is 0.560. The highest BCUT2D eigenvalue weighted by atomic mass is 15.3. The Morgan fingerprint density at radius 1 is 1.12 bits per heavy atom. The first-order valence-corrected chi connectivity index (χ1v) is 9.74. The first kappa shape index (κ1) is 15.9. The highest BCUT2D eigenvalue weighted by molar-refractivity contribution is 5.80. The van der Waals surface area contributed by atoms with E-state index in [-0.39, 0.29) is 0 Å². The highest BCUT2D eigenvalue weighted by Crippen LogP contribution is 2.43. The van der Waals surface area contributed by atoms with Crippen LogP contribution in [0.5, 0.6) is 0 Å². The lowest BCUT2D eigenvalue weighted by atomic mass is 9.73. The SMILES string of the molecule is CCNC(=NCc1nnc2n1CCC2)N1CCC2(CCCCC2)C1. The summed E-state index contributed by atoms with van der Waals surface area (Å²) in [5, 5.41) is 12.1. The number of nitrogens with zero attached hydrogens (tertiary/aromatic N) is 5. The van der Waals surface area contributed by atoms with Gasteiger partial charge in [-0.3, -0.25) is 0 Å². The number of nitrogens with one attached hydrogen (secondary N) is 1. The molecule has 0 radical (unpaired) electrons. The first-order chi connectivity index (χ1) is 11.8. The Hall–Kier alpha value is -1.59. The second-order valence-corrected chi connectivity index (χ2v) is 7.69. The molecule has 2 aliphatic heterocycles. The molecule has 0 amide bonds. The Labute approximate surface area is 144 Å². The number of hydrogen-bond acceptors (Lipinski definition) is 3. The quantitative estimate of drug-likeness (QED) is 0.683. The van der Waals surface area contributed by atoms with E-state index in [0.717, 1.165) is 43.7 Å². The summed E-state index contributed by atoms with van der Waals surface area (Å²) in [4.78, 5) is 7.38. The lowest BCUT2D eigenvalue weighted by molar-refractivity contribution is 0.203. The maximum atomic E-state index is 4.90. The van der Waals surface area contributed by atoms with E-state index >= 15 is 0 Å². The zero-order valence-electron chi connectivity index (χ0n) is 14.9. The van der Waals surface area contributed by atoms with Gasteiger partial charge in [0.2, 0.25) is 0 Å². The van der Waals surface area contributed by atoms with Gasteiger partial charge in [0, 0.05) is 32.6 Å². The highest BCUT2D eigenvalue weighted by Gasteiger charge is 2.39. The summed E-state index contributed by atoms with van der Waals surface area (Å²) in [6.45, 7) is 7.08. The third-order valence-electron chi connectivity index (χ3n) is 6.04. The number of fused-ring (bicyclic) bond motifs is 1. The monoisotopic (exact) mass is 330 g/mol. The van der Waals surface area contributed by atoms with Gasteiger partial charge in [-0.2, -0.15) is 0 Å². The predicted molar refractivity (Wildman–Crippen MR) is 94.9 cm³/mol. The number of aliphatic imine (C=N–C) groups is 1. The van der Waals surface area contributed by atoms with Crippen LogP contribution in [-0.2, 0) is 19.5 Å². The summed E-state index contributed by atoms with van der Waals surface area (Å²) >= 11 is 0. The van der Waals surface area contributed by atoms with E-state index in [0.29, 0.717) is 12.0 Å². The van der Waals surface area contributed by atoms with Crippen molar-refractivity contribution in [3.8, 4) is 0 Å². The van der Waals surface area contributed by atoms with Gasteiger partial charge < -0.3 is 14.8 Å². The molecule has 1 saturated heterocycles. The van der Waals surface area contributed by atoms with Gasteiger partial charge in [0.1, 0.15) is 12.4 Å². The minimum Gasteiger partial charge on any atom is -0.357 e. The van der Waals surface area contributed by atoms with Crippen LogP contribution in [0, 0.1) is 5.41 Å². The van der Waals surface area contributed by atoms with Gasteiger partial charge in [0.25, 0.3) is 0 Å². The predicted octanol–water partition coefficient (Wildman–Crippen LogP) is 2.35. The second-order valence-electron chi connectivity index (χ2n) is 7.69. The van der Waals surface area contributed by atoms with E-state index in [1.54, 1.807) is 0 Å². The molecule has 4 rings (SSSR count). The summed E-state index contributed by atoms with van der Waals surface area (Å²) in [5.74, 6) is 3.22. The van der Waals surface area contributed by atoms with E-state index in [1.807, 2.05) is 0 Å². The van der Waals surface area contributed by atoms with Crippen molar-refractivity contribution in [1.29, 1.82) is 0 Å². The van der Waals surface area contributed by atoms with E-state index in [2.05, 4.69) is 31.9 Å². The van der Waals surface area contributed by atoms with Crippen molar-refractivity contribution in [2.75, 3.05) is 19.6 Å². The number of guanidine groups is 1. The summed E-state index contributed by atoms with van der Waals surface area (Å²) in [7, 11) is 0. The molecule has 0 unspecified atom stereocenters. The van der Waals surface area contributed by atoms with Crippen molar-refractivity contribution in [2.24, 2.45) is 10.4 Å². The van der Waals surface area contributed by atoms with Gasteiger partial charge in [-0.1, -0.05) is 19.3 Å². The molecule has 0 atom stereocenters. The fraction of sp³-hybridized carbons (Fsp3) is 0.833. The van der Waals surface area contributed by atoms with Gasteiger partial charge in [-0.05, 0) is 38.0 Å². The van der Waals surface area contributed by atoms with Crippen molar-refractivity contribution >= 4 is 5.96 Å². The topological polar surface area (TPSA) is 58.3 Å². The molecule has 132 valence electrons. The summed E-state index contributed by atoms with van der Waals surface area (Å²) in [5.41, 5.74) is 0.560. The van der Waals surface area contributed by atoms with Crippen molar-refractivity contribution < 1.29 is 0 Å². The summed E-state index contributed by atoms with van der Waals surface area (Å²) in [6, 6.07) is 0. The van der Waals surface area contributed by atoms with Gasteiger partial charge in [-0.15, -0.1) is 10.2 Å². The lowest BCUT2D eigenvalue weighted by Gasteiger charge is -2.33. The normalized spacial score (nSPS) is 23.0. The van der Waals surface area contributed by atoms with Crippen LogP contribution in [0.15, 0.2) is 4.99 Å². The second kappa shape index (κ2) is 6.73. The molecule has 3 aliphatic rings. The Balaban J connectivity index is 1.45. The van der Waals surface area contributed by atoms with Crippen LogP contribution < -0.4 is 5.32 Å². The van der Waals surface area contributed by atoms with Gasteiger partial charge in [0.15, 0.2) is 11.8 Å². The Kier molecular flexibility index (Phi) is 4.46. The molecule has 24 heavy (non-hydrogen) atoms. The van der Waals surface area contributed by atoms with E-state index in [1.165, 1.54) is 51.5 Å². The van der Waals surface area contributed by atoms with Gasteiger partial charge in [-0.25, -0.2) is 4.99 Å². The standard InChI is InChI=1S/C18H30N6/c1-2-19-17(20-13-16-22-21-15-7-6-11-24(15)16)23-12-10-18(14-23)8-4-3-5-9-18/h2-14H2,1H3,(H,19,20). The fourth-order valence-corrected chi connectivity index (χ4v) is 4.72. The number of aromatic nitrogens is 3. The Morgan fingerprint density at radius 3 is 2.83 bits per heavy atom. The third kappa shape index (κ3) is 3.03. The van der Waals surface area contributed by atoms with Crippen molar-refractivity contribution in [3.63, 3.8) is 0 Å². The van der Waals surface area contributed by atoms with Crippen molar-refractivity contribution in [2.45, 2.75) is 71.4 Å². The Bertz CT molecular complexity index is 599. The molecule has 1 saturated carbocycles. The molecule has 1 aliphatic carbocycles. The van der Waals surface area contributed by atoms with E-state index in [4.69, 9.17) is 4.99 Å². The molecular formula is C18H30N6. The molecule has 6 nitrogen and oxygen atoms in total. The number of hydrogen-bond donors (Lipinski definition) is 1. The van der Waals surface area contributed by atoms with Crippen LogP contribution in [0.25, 0.3) is 0 Å². The van der Waals surface area contributed by atoms with Gasteiger partial charge >= 0.3 is 0 Å². The van der Waals surface area contributed by atoms with Crippen molar-refractivity contribution in [3.05, 3.63) is 11.6 Å². The largest absolute Gasteiger partial charge is 0.357 e. The summed E-state index contributed by atoms with van der Waals surface area (Å²) < 4.78 is 2.25. The molecular weight excluding hydrogens is 300 g/mol. The molecule has 1 aromatic heterocycles. The van der Waals surface area contributed by atoms with E-state index < -0.39 is 0 Å². The zero-order valence-corrected chi connectivity index (χ0v) is 14.9. The molecule has 1 spiro atoms. The van der Waals surface area contributed by atoms with Crippen LogP contribution in [-0.4, -0.2) is 45.3 Å². The number of aryl methyl sites for hydroxylation is 1. The summed E-state index contributed by atoms with van der Waals surface area (Å²) in [6.07, 6.45) is 10.6. The van der Waals surface area contributed by atoms with Crippen LogP contribution in [0.1, 0.15) is 63.5 Å². The maximum absolute atomic E-state index is 4.90. The third-order valence-corrected chi connectivity index (χ3v) is 6.04. The zero-order chi connectivity index (χ0) is 16.4. The number of likely N-dealkylation sites (tertiary alicyclic amines) is 1. The minimum absolute atomic E-state index is 0.560. The Morgan fingerprint density at radius 2 is 2.00 bits per heavy atom. The van der Waals surface area contributed by atoms with Crippen LogP contribution in [0.4, 0.5) is 0 Å². The molecule has 6 heteroatoms. The molecule has 0 bridgehead atoms. The van der Waals surface area contributed by atoms with Crippen LogP contribution >= 0.6 is 0 Å².